The van der Waals surface area contributed by atoms with Gasteiger partial charge in [0.1, 0.15) is 0 Å². The number of amides is 1. The lowest BCUT2D eigenvalue weighted by molar-refractivity contribution is 0.0743. The van der Waals surface area contributed by atoms with Gasteiger partial charge in [0.25, 0.3) is 5.91 Å². The molecule has 92 valence electrons. The predicted molar refractivity (Wildman–Crippen MR) is 72.0 cm³/mol. The number of hydrogen-bond donors (Lipinski definition) is 1. The Morgan fingerprint density at radius 2 is 1.67 bits per heavy atom. The molecule has 2 rings (SSSR count). The van der Waals surface area contributed by atoms with E-state index in [1.54, 1.807) is 24.3 Å². The minimum atomic E-state index is -0.203. The molecular weight excluding hydrogens is 248 g/mol. The Morgan fingerprint density at radius 1 is 1.06 bits per heavy atom. The molecule has 0 atom stereocenters. The summed E-state index contributed by atoms with van der Waals surface area (Å²) in [6, 6.07) is 16.2. The van der Waals surface area contributed by atoms with Gasteiger partial charge in [0, 0.05) is 10.6 Å². The molecule has 0 aromatic heterocycles. The van der Waals surface area contributed by atoms with E-state index < -0.39 is 0 Å². The normalized spacial score (nSPS) is 10.1. The van der Waals surface area contributed by atoms with Gasteiger partial charge in [-0.05, 0) is 29.8 Å². The summed E-state index contributed by atoms with van der Waals surface area (Å²) >= 11 is 5.79. The molecule has 0 saturated carbocycles. The number of carbonyl (C=O) groups is 1. The van der Waals surface area contributed by atoms with Crippen molar-refractivity contribution in [1.29, 1.82) is 0 Å². The molecule has 0 heterocycles. The number of rotatable bonds is 3. The monoisotopic (exact) mass is 260 g/mol. The highest BCUT2D eigenvalue weighted by Crippen LogP contribution is 2.11. The van der Waals surface area contributed by atoms with Crippen molar-refractivity contribution in [2.24, 2.45) is 5.84 Å². The number of carbonyl (C=O) groups excluding carboxylic acids is 1. The van der Waals surface area contributed by atoms with E-state index in [1.807, 2.05) is 30.3 Å². The van der Waals surface area contributed by atoms with Crippen LogP contribution in [-0.4, -0.2) is 10.9 Å². The summed E-state index contributed by atoms with van der Waals surface area (Å²) in [5.41, 5.74) is 1.51. The van der Waals surface area contributed by atoms with Crippen molar-refractivity contribution in [2.45, 2.75) is 6.54 Å². The maximum absolute atomic E-state index is 12.0. The molecule has 2 aromatic rings. The van der Waals surface area contributed by atoms with Crippen LogP contribution in [0.3, 0.4) is 0 Å². The molecule has 4 heteroatoms. The molecule has 0 aliphatic heterocycles. The Labute approximate surface area is 111 Å². The Bertz CT molecular complexity index is 525. The van der Waals surface area contributed by atoms with Gasteiger partial charge in [0.15, 0.2) is 0 Å². The zero-order valence-corrected chi connectivity index (χ0v) is 10.5. The lowest BCUT2D eigenvalue weighted by Gasteiger charge is -2.16. The number of nitrogens with zero attached hydrogens (tertiary/aromatic N) is 1. The van der Waals surface area contributed by atoms with Crippen LogP contribution in [0.5, 0.6) is 0 Å². The van der Waals surface area contributed by atoms with Crippen LogP contribution in [0.15, 0.2) is 54.6 Å². The number of nitrogens with two attached hydrogens (primary N) is 1. The topological polar surface area (TPSA) is 46.3 Å². The second-order valence-electron chi connectivity index (χ2n) is 3.93. The summed E-state index contributed by atoms with van der Waals surface area (Å²) in [6.45, 7) is 0.352. The van der Waals surface area contributed by atoms with E-state index in [-0.39, 0.29) is 5.91 Å². The summed E-state index contributed by atoms with van der Waals surface area (Å²) in [6.07, 6.45) is 0. The first kappa shape index (κ1) is 12.6. The van der Waals surface area contributed by atoms with Crippen molar-refractivity contribution in [3.8, 4) is 0 Å². The van der Waals surface area contributed by atoms with Crippen LogP contribution in [0.4, 0.5) is 0 Å². The highest BCUT2D eigenvalue weighted by molar-refractivity contribution is 6.30. The molecule has 0 aliphatic rings. The average molecular weight is 261 g/mol. The number of benzene rings is 2. The quantitative estimate of drug-likeness (QED) is 0.524. The predicted octanol–water partition coefficient (Wildman–Crippen LogP) is 2.86. The van der Waals surface area contributed by atoms with E-state index in [0.717, 1.165) is 5.56 Å². The SMILES string of the molecule is NN(Cc1ccc(Cl)cc1)C(=O)c1ccccc1. The first-order valence-electron chi connectivity index (χ1n) is 5.53. The second-order valence-corrected chi connectivity index (χ2v) is 4.36. The minimum Gasteiger partial charge on any atom is -0.272 e. The smallest absolute Gasteiger partial charge is 0.268 e. The van der Waals surface area contributed by atoms with Crippen molar-refractivity contribution in [3.05, 3.63) is 70.7 Å². The van der Waals surface area contributed by atoms with E-state index >= 15 is 0 Å². The Kier molecular flexibility index (Phi) is 3.97. The van der Waals surface area contributed by atoms with Gasteiger partial charge in [0.05, 0.1) is 6.54 Å². The summed E-state index contributed by atoms with van der Waals surface area (Å²) < 4.78 is 0. The van der Waals surface area contributed by atoms with Crippen LogP contribution in [-0.2, 0) is 6.54 Å². The van der Waals surface area contributed by atoms with Gasteiger partial charge < -0.3 is 0 Å². The molecule has 0 spiro atoms. The lowest BCUT2D eigenvalue weighted by Crippen LogP contribution is -2.36. The number of halogens is 1. The summed E-state index contributed by atoms with van der Waals surface area (Å²) in [4.78, 5) is 12.0. The summed E-state index contributed by atoms with van der Waals surface area (Å²) in [5.74, 6) is 5.57. The molecule has 2 N–H and O–H groups in total. The molecule has 0 bridgehead atoms. The Morgan fingerprint density at radius 3 is 2.28 bits per heavy atom. The van der Waals surface area contributed by atoms with Crippen molar-refractivity contribution < 1.29 is 4.79 Å². The number of hydrazine groups is 1. The van der Waals surface area contributed by atoms with Crippen LogP contribution in [0.1, 0.15) is 15.9 Å². The fourth-order valence-electron chi connectivity index (χ4n) is 1.60. The van der Waals surface area contributed by atoms with Gasteiger partial charge in [0.2, 0.25) is 0 Å². The molecule has 1 amide bonds. The van der Waals surface area contributed by atoms with E-state index in [4.69, 9.17) is 17.4 Å². The Balaban J connectivity index is 2.06. The van der Waals surface area contributed by atoms with Gasteiger partial charge >= 0.3 is 0 Å². The van der Waals surface area contributed by atoms with Gasteiger partial charge in [-0.2, -0.15) is 0 Å². The van der Waals surface area contributed by atoms with Gasteiger partial charge in [-0.15, -0.1) is 0 Å². The van der Waals surface area contributed by atoms with Crippen LogP contribution in [0.25, 0.3) is 0 Å². The average Bonchev–Trinajstić information content (AvgIpc) is 2.41. The number of hydrogen-bond acceptors (Lipinski definition) is 2. The molecule has 0 unspecified atom stereocenters. The largest absolute Gasteiger partial charge is 0.272 e. The van der Waals surface area contributed by atoms with E-state index in [1.165, 1.54) is 5.01 Å². The molecule has 0 radical (unpaired) electrons. The zero-order valence-electron chi connectivity index (χ0n) is 9.71. The third-order valence-electron chi connectivity index (χ3n) is 2.55. The fourth-order valence-corrected chi connectivity index (χ4v) is 1.73. The van der Waals surface area contributed by atoms with Crippen molar-refractivity contribution in [1.82, 2.24) is 5.01 Å². The van der Waals surface area contributed by atoms with Crippen molar-refractivity contribution in [2.75, 3.05) is 0 Å². The summed E-state index contributed by atoms with van der Waals surface area (Å²) in [5, 5.41) is 1.86. The zero-order chi connectivity index (χ0) is 13.0. The van der Waals surface area contributed by atoms with Crippen LogP contribution < -0.4 is 5.84 Å². The third-order valence-corrected chi connectivity index (χ3v) is 2.80. The molecule has 3 nitrogen and oxygen atoms in total. The third kappa shape index (κ3) is 3.09. The second kappa shape index (κ2) is 5.67. The molecule has 0 fully saturated rings. The standard InChI is InChI=1S/C14H13ClN2O/c15-13-8-6-11(7-9-13)10-17(16)14(18)12-4-2-1-3-5-12/h1-9H,10,16H2. The van der Waals surface area contributed by atoms with Crippen molar-refractivity contribution in [3.63, 3.8) is 0 Å². The van der Waals surface area contributed by atoms with E-state index in [9.17, 15) is 4.79 Å². The van der Waals surface area contributed by atoms with Crippen LogP contribution in [0, 0.1) is 0 Å². The van der Waals surface area contributed by atoms with E-state index in [2.05, 4.69) is 0 Å². The molecular formula is C14H13ClN2O. The van der Waals surface area contributed by atoms with Gasteiger partial charge in [-0.3, -0.25) is 9.80 Å². The highest BCUT2D eigenvalue weighted by atomic mass is 35.5. The highest BCUT2D eigenvalue weighted by Gasteiger charge is 2.11. The fraction of sp³-hybridized carbons (Fsp3) is 0.0714. The lowest BCUT2D eigenvalue weighted by atomic mass is 10.2. The first-order chi connectivity index (χ1) is 8.66. The molecule has 2 aromatic carbocycles. The maximum Gasteiger partial charge on any atom is 0.268 e. The maximum atomic E-state index is 12.0. The van der Waals surface area contributed by atoms with Crippen molar-refractivity contribution >= 4 is 17.5 Å². The molecule has 0 aliphatic carbocycles. The summed E-state index contributed by atoms with van der Waals surface area (Å²) in [7, 11) is 0. The van der Waals surface area contributed by atoms with E-state index in [0.29, 0.717) is 17.1 Å². The first-order valence-corrected chi connectivity index (χ1v) is 5.90. The molecule has 18 heavy (non-hydrogen) atoms. The van der Waals surface area contributed by atoms with Gasteiger partial charge in [-0.1, -0.05) is 41.9 Å². The Hall–Kier alpha value is -1.84. The van der Waals surface area contributed by atoms with Gasteiger partial charge in [-0.25, -0.2) is 5.84 Å². The molecule has 0 saturated heterocycles. The van der Waals surface area contributed by atoms with Crippen LogP contribution in [0.2, 0.25) is 5.02 Å². The van der Waals surface area contributed by atoms with Crippen LogP contribution >= 0.6 is 11.6 Å². The minimum absolute atomic E-state index is 0.203.